The van der Waals surface area contributed by atoms with Gasteiger partial charge >= 0.3 is 0 Å². The van der Waals surface area contributed by atoms with Crippen molar-refractivity contribution >= 4 is 5.78 Å². The zero-order valence-electron chi connectivity index (χ0n) is 8.30. The highest BCUT2D eigenvalue weighted by Crippen LogP contribution is 2.22. The Hall–Kier alpha value is -0.370. The molecule has 1 saturated heterocycles. The Morgan fingerprint density at radius 2 is 1.77 bits per heavy atom. The molecule has 0 aromatic carbocycles. The molecule has 0 spiro atoms. The second kappa shape index (κ2) is 4.23. The van der Waals surface area contributed by atoms with Crippen LogP contribution in [0.25, 0.3) is 0 Å². The number of piperidine rings is 1. The molecule has 1 saturated carbocycles. The molecular formula is C11H19NO. The second-order valence-corrected chi connectivity index (χ2v) is 4.32. The van der Waals surface area contributed by atoms with Crippen LogP contribution < -0.4 is 0 Å². The minimum atomic E-state index is 0.300. The molecule has 1 atom stereocenters. The van der Waals surface area contributed by atoms with Gasteiger partial charge in [0.05, 0.1) is 6.04 Å². The minimum absolute atomic E-state index is 0.300. The fourth-order valence-corrected chi connectivity index (χ4v) is 2.58. The molecule has 0 bridgehead atoms. The minimum Gasteiger partial charge on any atom is -0.298 e. The second-order valence-electron chi connectivity index (χ2n) is 4.32. The van der Waals surface area contributed by atoms with Gasteiger partial charge < -0.3 is 0 Å². The van der Waals surface area contributed by atoms with Gasteiger partial charge in [0.15, 0.2) is 0 Å². The van der Waals surface area contributed by atoms with Gasteiger partial charge in [0.1, 0.15) is 5.78 Å². The maximum absolute atomic E-state index is 11.7. The van der Waals surface area contributed by atoms with Crippen LogP contribution in [0.1, 0.15) is 44.9 Å². The van der Waals surface area contributed by atoms with E-state index in [-0.39, 0.29) is 0 Å². The molecule has 0 unspecified atom stereocenters. The average Bonchev–Trinajstić information content (AvgIpc) is 2.20. The molecule has 2 aliphatic rings. The van der Waals surface area contributed by atoms with E-state index in [0.29, 0.717) is 11.8 Å². The number of carbonyl (C=O) groups excluding carboxylic acids is 1. The molecule has 0 radical (unpaired) electrons. The number of hydrogen-bond donors (Lipinski definition) is 0. The Morgan fingerprint density at radius 3 is 2.46 bits per heavy atom. The highest BCUT2D eigenvalue weighted by Gasteiger charge is 2.28. The highest BCUT2D eigenvalue weighted by molar-refractivity contribution is 5.84. The first-order valence-corrected chi connectivity index (χ1v) is 5.65. The summed E-state index contributed by atoms with van der Waals surface area (Å²) < 4.78 is 0. The van der Waals surface area contributed by atoms with E-state index in [2.05, 4.69) is 4.90 Å². The van der Waals surface area contributed by atoms with Crippen LogP contribution in [0.3, 0.4) is 0 Å². The molecule has 0 aromatic heterocycles. The lowest BCUT2D eigenvalue weighted by Crippen LogP contribution is -2.45. The third-order valence-electron chi connectivity index (χ3n) is 3.35. The Kier molecular flexibility index (Phi) is 2.99. The molecule has 2 nitrogen and oxygen atoms in total. The fourth-order valence-electron chi connectivity index (χ4n) is 2.58. The SMILES string of the molecule is O=C1CCCC[C@@H]1N1CCCCC1. The first kappa shape index (κ1) is 9.20. The van der Waals surface area contributed by atoms with Crippen molar-refractivity contribution in [3.05, 3.63) is 0 Å². The van der Waals surface area contributed by atoms with Crippen molar-refractivity contribution in [2.75, 3.05) is 13.1 Å². The summed E-state index contributed by atoms with van der Waals surface area (Å²) in [6, 6.07) is 0.300. The lowest BCUT2D eigenvalue weighted by atomic mass is 9.91. The summed E-state index contributed by atoms with van der Waals surface area (Å²) in [5.41, 5.74) is 0. The van der Waals surface area contributed by atoms with E-state index in [1.54, 1.807) is 0 Å². The van der Waals surface area contributed by atoms with Crippen molar-refractivity contribution < 1.29 is 4.79 Å². The van der Waals surface area contributed by atoms with Crippen LogP contribution in [0.4, 0.5) is 0 Å². The number of hydrogen-bond acceptors (Lipinski definition) is 2. The molecule has 1 aliphatic heterocycles. The van der Waals surface area contributed by atoms with Crippen LogP contribution in [-0.4, -0.2) is 29.8 Å². The molecule has 1 heterocycles. The number of Topliss-reactive ketones (excluding diaryl/α,β-unsaturated/α-hetero) is 1. The summed E-state index contributed by atoms with van der Waals surface area (Å²) in [7, 11) is 0. The van der Waals surface area contributed by atoms with E-state index in [0.717, 1.165) is 32.4 Å². The van der Waals surface area contributed by atoms with Gasteiger partial charge in [-0.25, -0.2) is 0 Å². The molecule has 1 aliphatic carbocycles. The largest absolute Gasteiger partial charge is 0.298 e. The first-order valence-electron chi connectivity index (χ1n) is 5.65. The van der Waals surface area contributed by atoms with E-state index in [1.807, 2.05) is 0 Å². The van der Waals surface area contributed by atoms with Crippen LogP contribution in [0.2, 0.25) is 0 Å². The van der Waals surface area contributed by atoms with Crippen LogP contribution >= 0.6 is 0 Å². The predicted octanol–water partition coefficient (Wildman–Crippen LogP) is 1.98. The Labute approximate surface area is 80.3 Å². The summed E-state index contributed by atoms with van der Waals surface area (Å²) in [6.07, 6.45) is 8.29. The van der Waals surface area contributed by atoms with Gasteiger partial charge in [-0.05, 0) is 38.8 Å². The summed E-state index contributed by atoms with van der Waals surface area (Å²) >= 11 is 0. The maximum Gasteiger partial charge on any atom is 0.149 e. The monoisotopic (exact) mass is 181 g/mol. The molecular weight excluding hydrogens is 162 g/mol. The number of likely N-dealkylation sites (tertiary alicyclic amines) is 1. The van der Waals surface area contributed by atoms with Gasteiger partial charge in [-0.1, -0.05) is 12.8 Å². The molecule has 13 heavy (non-hydrogen) atoms. The molecule has 0 amide bonds. The lowest BCUT2D eigenvalue weighted by Gasteiger charge is -2.35. The third-order valence-corrected chi connectivity index (χ3v) is 3.35. The standard InChI is InChI=1S/C11H19NO/c13-11-7-3-2-6-10(11)12-8-4-1-5-9-12/h10H,1-9H2/t10-/m0/s1. The van der Waals surface area contributed by atoms with Gasteiger partial charge in [-0.15, -0.1) is 0 Å². The number of nitrogens with zero attached hydrogens (tertiary/aromatic N) is 1. The van der Waals surface area contributed by atoms with Gasteiger partial charge in [0.25, 0.3) is 0 Å². The van der Waals surface area contributed by atoms with Crippen LogP contribution in [0.15, 0.2) is 0 Å². The Balaban J connectivity index is 1.92. The predicted molar refractivity (Wildman–Crippen MR) is 52.7 cm³/mol. The van der Waals surface area contributed by atoms with Crippen molar-refractivity contribution in [1.82, 2.24) is 4.90 Å². The highest BCUT2D eigenvalue weighted by atomic mass is 16.1. The fraction of sp³-hybridized carbons (Fsp3) is 0.909. The Bertz CT molecular complexity index is 185. The normalized spacial score (nSPS) is 32.0. The zero-order chi connectivity index (χ0) is 9.10. The van der Waals surface area contributed by atoms with Crippen molar-refractivity contribution in [3.63, 3.8) is 0 Å². The van der Waals surface area contributed by atoms with Crippen molar-refractivity contribution in [1.29, 1.82) is 0 Å². The van der Waals surface area contributed by atoms with Gasteiger partial charge in [-0.2, -0.15) is 0 Å². The van der Waals surface area contributed by atoms with Gasteiger partial charge in [0, 0.05) is 6.42 Å². The van der Waals surface area contributed by atoms with E-state index in [1.165, 1.54) is 25.7 Å². The van der Waals surface area contributed by atoms with E-state index in [9.17, 15) is 4.79 Å². The molecule has 74 valence electrons. The topological polar surface area (TPSA) is 20.3 Å². The van der Waals surface area contributed by atoms with Crippen LogP contribution in [0, 0.1) is 0 Å². The van der Waals surface area contributed by atoms with E-state index < -0.39 is 0 Å². The smallest absolute Gasteiger partial charge is 0.149 e. The first-order chi connectivity index (χ1) is 6.38. The van der Waals surface area contributed by atoms with Crippen molar-refractivity contribution in [3.8, 4) is 0 Å². The molecule has 2 fully saturated rings. The lowest BCUT2D eigenvalue weighted by molar-refractivity contribution is -0.126. The Morgan fingerprint density at radius 1 is 1.00 bits per heavy atom. The number of rotatable bonds is 1. The van der Waals surface area contributed by atoms with E-state index >= 15 is 0 Å². The van der Waals surface area contributed by atoms with Crippen molar-refractivity contribution in [2.24, 2.45) is 0 Å². The van der Waals surface area contributed by atoms with Crippen LogP contribution in [-0.2, 0) is 4.79 Å². The van der Waals surface area contributed by atoms with E-state index in [4.69, 9.17) is 0 Å². The quantitative estimate of drug-likeness (QED) is 0.616. The number of ketones is 1. The molecule has 0 N–H and O–H groups in total. The molecule has 2 heteroatoms. The van der Waals surface area contributed by atoms with Gasteiger partial charge in [0.2, 0.25) is 0 Å². The zero-order valence-corrected chi connectivity index (χ0v) is 8.30. The number of carbonyl (C=O) groups is 1. The van der Waals surface area contributed by atoms with Crippen LogP contribution in [0.5, 0.6) is 0 Å². The summed E-state index contributed by atoms with van der Waals surface area (Å²) in [5.74, 6) is 0.508. The third kappa shape index (κ3) is 2.11. The van der Waals surface area contributed by atoms with Gasteiger partial charge in [-0.3, -0.25) is 9.69 Å². The van der Waals surface area contributed by atoms with Crippen molar-refractivity contribution in [2.45, 2.75) is 51.0 Å². The maximum atomic E-state index is 11.7. The summed E-state index contributed by atoms with van der Waals surface area (Å²) in [5, 5.41) is 0. The summed E-state index contributed by atoms with van der Waals surface area (Å²) in [4.78, 5) is 14.1. The molecule has 2 rings (SSSR count). The molecule has 0 aromatic rings. The summed E-state index contributed by atoms with van der Waals surface area (Å²) in [6.45, 7) is 2.33. The average molecular weight is 181 g/mol.